The number of aliphatic hydroxyl groups is 1. The molecule has 0 radical (unpaired) electrons. The molecule has 0 aliphatic carbocycles. The van der Waals surface area contributed by atoms with Crippen LogP contribution < -0.4 is 9.47 Å². The largest absolute Gasteiger partial charge is 0.497 e. The lowest BCUT2D eigenvalue weighted by atomic mass is 10.1. The molecule has 2 atom stereocenters. The molecule has 0 amide bonds. The van der Waals surface area contributed by atoms with Crippen LogP contribution in [0.1, 0.15) is 11.7 Å². The predicted molar refractivity (Wildman–Crippen MR) is 111 cm³/mol. The molecule has 0 bridgehead atoms. The van der Waals surface area contributed by atoms with Crippen LogP contribution in [0.5, 0.6) is 11.5 Å². The summed E-state index contributed by atoms with van der Waals surface area (Å²) in [7, 11) is 1.63. The Bertz CT molecular complexity index is 701. The number of benzene rings is 2. The number of β-amino-alcohol motifs (C(OH)–C–C–N with tert-alkyl or cyclic N) is 1. The smallest absolute Gasteiger partial charge is 0.119 e. The van der Waals surface area contributed by atoms with Gasteiger partial charge in [-0.25, -0.2) is 0 Å². The third-order valence-electron chi connectivity index (χ3n) is 4.34. The summed E-state index contributed by atoms with van der Waals surface area (Å²) in [4.78, 5) is 2.22. The van der Waals surface area contributed by atoms with Crippen molar-refractivity contribution in [1.82, 2.24) is 4.90 Å². The molecule has 1 aliphatic rings. The van der Waals surface area contributed by atoms with E-state index in [1.54, 1.807) is 7.11 Å². The number of rotatable bonds is 7. The van der Waals surface area contributed by atoms with Crippen LogP contribution in [0.2, 0.25) is 0 Å². The molecule has 0 aromatic heterocycles. The van der Waals surface area contributed by atoms with Gasteiger partial charge in [-0.2, -0.15) is 0 Å². The van der Waals surface area contributed by atoms with Crippen LogP contribution in [-0.2, 0) is 4.74 Å². The summed E-state index contributed by atoms with van der Waals surface area (Å²) in [5, 5.41) is 10.3. The molecule has 2 aromatic carbocycles. The zero-order chi connectivity index (χ0) is 18.4. The third-order valence-corrected chi connectivity index (χ3v) is 4.84. The standard InChI is InChI=1S/C20H24BrNO4.ClH/c1-24-18-5-7-19(8-6-18)26-14-17(23)12-22-9-10-25-20(13-22)15-3-2-4-16(21)11-15;/h2-8,11,17,20,23H,9-10,12-14H2,1H3;1H. The lowest BCUT2D eigenvalue weighted by Gasteiger charge is -2.34. The zero-order valence-electron chi connectivity index (χ0n) is 15.2. The maximum absolute atomic E-state index is 10.3. The first-order valence-corrected chi connectivity index (χ1v) is 9.47. The summed E-state index contributed by atoms with van der Waals surface area (Å²) in [6.45, 7) is 3.04. The van der Waals surface area contributed by atoms with E-state index in [1.807, 2.05) is 36.4 Å². The SMILES string of the molecule is COc1ccc(OCC(O)CN2CCOC(c3cccc(Br)c3)C2)cc1.Cl. The van der Waals surface area contributed by atoms with Gasteiger partial charge in [0, 0.05) is 24.1 Å². The van der Waals surface area contributed by atoms with Crippen molar-refractivity contribution in [2.45, 2.75) is 12.2 Å². The molecule has 1 N–H and O–H groups in total. The van der Waals surface area contributed by atoms with Gasteiger partial charge in [0.1, 0.15) is 24.2 Å². The number of ether oxygens (including phenoxy) is 3. The van der Waals surface area contributed by atoms with E-state index < -0.39 is 6.10 Å². The first-order valence-electron chi connectivity index (χ1n) is 8.68. The van der Waals surface area contributed by atoms with Crippen molar-refractivity contribution in [2.24, 2.45) is 0 Å². The van der Waals surface area contributed by atoms with E-state index in [0.29, 0.717) is 13.2 Å². The molecule has 3 rings (SSSR count). The highest BCUT2D eigenvalue weighted by Crippen LogP contribution is 2.25. The molecule has 1 aliphatic heterocycles. The highest BCUT2D eigenvalue weighted by Gasteiger charge is 2.23. The van der Waals surface area contributed by atoms with Crippen molar-refractivity contribution in [3.63, 3.8) is 0 Å². The van der Waals surface area contributed by atoms with Gasteiger partial charge in [0.15, 0.2) is 0 Å². The minimum Gasteiger partial charge on any atom is -0.497 e. The van der Waals surface area contributed by atoms with Gasteiger partial charge >= 0.3 is 0 Å². The fraction of sp³-hybridized carbons (Fsp3) is 0.400. The van der Waals surface area contributed by atoms with Crippen molar-refractivity contribution < 1.29 is 19.3 Å². The first-order chi connectivity index (χ1) is 12.6. The van der Waals surface area contributed by atoms with Crippen molar-refractivity contribution in [3.8, 4) is 11.5 Å². The molecule has 0 spiro atoms. The highest BCUT2D eigenvalue weighted by atomic mass is 79.9. The highest BCUT2D eigenvalue weighted by molar-refractivity contribution is 9.10. The second kappa shape index (κ2) is 10.9. The van der Waals surface area contributed by atoms with Gasteiger partial charge in [0.05, 0.1) is 19.8 Å². The topological polar surface area (TPSA) is 51.2 Å². The number of morpholine rings is 1. The first kappa shape index (κ1) is 22.0. The van der Waals surface area contributed by atoms with Gasteiger partial charge < -0.3 is 19.3 Å². The van der Waals surface area contributed by atoms with Crippen molar-refractivity contribution in [1.29, 1.82) is 0 Å². The lowest BCUT2D eigenvalue weighted by Crippen LogP contribution is -2.43. The summed E-state index contributed by atoms with van der Waals surface area (Å²) in [5.41, 5.74) is 1.15. The molecule has 2 unspecified atom stereocenters. The van der Waals surface area contributed by atoms with Crippen molar-refractivity contribution >= 4 is 28.3 Å². The maximum Gasteiger partial charge on any atom is 0.119 e. The normalized spacial score (nSPS) is 18.4. The number of halogens is 2. The Morgan fingerprint density at radius 3 is 2.67 bits per heavy atom. The molecule has 1 saturated heterocycles. The number of hydrogen-bond donors (Lipinski definition) is 1. The van der Waals surface area contributed by atoms with Crippen LogP contribution in [0.15, 0.2) is 53.0 Å². The average Bonchev–Trinajstić information content (AvgIpc) is 2.67. The van der Waals surface area contributed by atoms with Crippen LogP contribution in [0.3, 0.4) is 0 Å². The summed E-state index contributed by atoms with van der Waals surface area (Å²) < 4.78 is 17.7. The van der Waals surface area contributed by atoms with Crippen molar-refractivity contribution in [2.75, 3.05) is 40.0 Å². The predicted octanol–water partition coefficient (Wildman–Crippen LogP) is 3.69. The molecule has 5 nitrogen and oxygen atoms in total. The van der Waals surface area contributed by atoms with Crippen LogP contribution in [0, 0.1) is 0 Å². The van der Waals surface area contributed by atoms with E-state index in [4.69, 9.17) is 14.2 Å². The Morgan fingerprint density at radius 1 is 1.22 bits per heavy atom. The molecule has 27 heavy (non-hydrogen) atoms. The van der Waals surface area contributed by atoms with Gasteiger partial charge in [0.25, 0.3) is 0 Å². The van der Waals surface area contributed by atoms with E-state index in [0.717, 1.165) is 34.6 Å². The molecular weight excluding hydrogens is 434 g/mol. The fourth-order valence-corrected chi connectivity index (χ4v) is 3.41. The molecule has 0 saturated carbocycles. The summed E-state index contributed by atoms with van der Waals surface area (Å²) in [6, 6.07) is 15.5. The van der Waals surface area contributed by atoms with Gasteiger partial charge in [-0.1, -0.05) is 28.1 Å². The zero-order valence-corrected chi connectivity index (χ0v) is 17.6. The number of methoxy groups -OCH3 is 1. The number of hydrogen-bond acceptors (Lipinski definition) is 5. The Morgan fingerprint density at radius 2 is 1.96 bits per heavy atom. The maximum atomic E-state index is 10.3. The van der Waals surface area contributed by atoms with Crippen LogP contribution in [-0.4, -0.2) is 56.1 Å². The minimum absolute atomic E-state index is 0. The van der Waals surface area contributed by atoms with Crippen LogP contribution in [0.25, 0.3) is 0 Å². The second-order valence-corrected chi connectivity index (χ2v) is 7.23. The number of nitrogens with zero attached hydrogens (tertiary/aromatic N) is 1. The molecular formula is C20H25BrClNO4. The Labute approximate surface area is 174 Å². The third kappa shape index (κ3) is 6.66. The van der Waals surface area contributed by atoms with Gasteiger partial charge in [-0.15, -0.1) is 12.4 Å². The van der Waals surface area contributed by atoms with Gasteiger partial charge in [-0.05, 0) is 42.0 Å². The summed E-state index contributed by atoms with van der Waals surface area (Å²) in [5.74, 6) is 1.50. The second-order valence-electron chi connectivity index (χ2n) is 6.31. The van der Waals surface area contributed by atoms with E-state index in [9.17, 15) is 5.11 Å². The van der Waals surface area contributed by atoms with Crippen molar-refractivity contribution in [3.05, 3.63) is 58.6 Å². The molecule has 1 heterocycles. The van der Waals surface area contributed by atoms with Gasteiger partial charge in [0.2, 0.25) is 0 Å². The Kier molecular flexibility index (Phi) is 8.86. The van der Waals surface area contributed by atoms with E-state index >= 15 is 0 Å². The molecule has 1 fully saturated rings. The summed E-state index contributed by atoms with van der Waals surface area (Å²) >= 11 is 3.50. The average molecular weight is 459 g/mol. The van der Waals surface area contributed by atoms with Crippen LogP contribution in [0.4, 0.5) is 0 Å². The summed E-state index contributed by atoms with van der Waals surface area (Å²) in [6.07, 6.45) is -0.533. The fourth-order valence-electron chi connectivity index (χ4n) is 2.99. The van der Waals surface area contributed by atoms with E-state index in [1.165, 1.54) is 0 Å². The minimum atomic E-state index is -0.557. The lowest BCUT2D eigenvalue weighted by molar-refractivity contribution is -0.0459. The molecule has 7 heteroatoms. The van der Waals surface area contributed by atoms with E-state index in [-0.39, 0.29) is 25.1 Å². The monoisotopic (exact) mass is 457 g/mol. The van der Waals surface area contributed by atoms with E-state index in [2.05, 4.69) is 33.0 Å². The quantitative estimate of drug-likeness (QED) is 0.686. The van der Waals surface area contributed by atoms with Gasteiger partial charge in [-0.3, -0.25) is 4.90 Å². The Balaban J connectivity index is 0.00000261. The van der Waals surface area contributed by atoms with Crippen LogP contribution >= 0.6 is 28.3 Å². The Hall–Kier alpha value is -1.31. The number of aliphatic hydroxyl groups excluding tert-OH is 1. The molecule has 148 valence electrons. The molecule has 2 aromatic rings.